The second-order valence-corrected chi connectivity index (χ2v) is 13.0. The molecule has 0 aromatic heterocycles. The van der Waals surface area contributed by atoms with E-state index in [-0.39, 0.29) is 15.9 Å². The summed E-state index contributed by atoms with van der Waals surface area (Å²) >= 11 is 0. The Bertz CT molecular complexity index is 242. The van der Waals surface area contributed by atoms with Crippen molar-refractivity contribution in [3.63, 3.8) is 0 Å². The summed E-state index contributed by atoms with van der Waals surface area (Å²) in [5, 5.41) is 0. The lowest BCUT2D eigenvalue weighted by atomic mass is 10.2. The second-order valence-electron chi connectivity index (χ2n) is 7.12. The standard InChI is InChI=1S/C18H39F3Si2/c1-3-5-15-23(21,16-6-4-2)17-10-8-7-9-13-22-14-11-12-18(19)20/h18H,3-17,22H2,1-2H3. The molecule has 0 fully saturated rings. The smallest absolute Gasteiger partial charge is 0.247 e. The van der Waals surface area contributed by atoms with Gasteiger partial charge in [-0.15, -0.1) is 0 Å². The Labute approximate surface area is 146 Å². The molecular formula is C18H39F3Si2. The zero-order valence-electron chi connectivity index (χ0n) is 15.5. The lowest BCUT2D eigenvalue weighted by Crippen LogP contribution is -2.27. The van der Waals surface area contributed by atoms with E-state index in [4.69, 9.17) is 0 Å². The first-order valence-corrected chi connectivity index (χ1v) is 14.5. The van der Waals surface area contributed by atoms with E-state index >= 15 is 4.11 Å². The maximum Gasteiger partial charge on any atom is 0.247 e. The van der Waals surface area contributed by atoms with Crippen LogP contribution in [0.5, 0.6) is 0 Å². The van der Waals surface area contributed by atoms with E-state index in [1.807, 2.05) is 0 Å². The zero-order chi connectivity index (χ0) is 17.4. The highest BCUT2D eigenvalue weighted by molar-refractivity contribution is 6.73. The van der Waals surface area contributed by atoms with Crippen LogP contribution in [0, 0.1) is 0 Å². The van der Waals surface area contributed by atoms with Gasteiger partial charge in [-0.25, -0.2) is 8.78 Å². The van der Waals surface area contributed by atoms with Gasteiger partial charge in [-0.05, 0) is 18.1 Å². The molecule has 0 aliphatic carbocycles. The highest BCUT2D eigenvalue weighted by Crippen LogP contribution is 2.29. The summed E-state index contributed by atoms with van der Waals surface area (Å²) in [6.07, 6.45) is 7.75. The highest BCUT2D eigenvalue weighted by Gasteiger charge is 2.31. The molecule has 0 amide bonds. The quantitative estimate of drug-likeness (QED) is 0.146. The topological polar surface area (TPSA) is 0 Å². The van der Waals surface area contributed by atoms with E-state index in [0.29, 0.717) is 6.42 Å². The number of unbranched alkanes of at least 4 members (excludes halogenated alkanes) is 5. The third kappa shape index (κ3) is 15.5. The van der Waals surface area contributed by atoms with Crippen LogP contribution in [0.4, 0.5) is 12.9 Å². The lowest BCUT2D eigenvalue weighted by Gasteiger charge is -2.22. The van der Waals surface area contributed by atoms with Gasteiger partial charge in [-0.2, -0.15) is 0 Å². The van der Waals surface area contributed by atoms with Crippen molar-refractivity contribution in [2.45, 2.75) is 115 Å². The second kappa shape index (κ2) is 15.7. The van der Waals surface area contributed by atoms with Gasteiger partial charge >= 0.3 is 0 Å². The third-order valence-corrected chi connectivity index (χ3v) is 10.5. The van der Waals surface area contributed by atoms with Crippen LogP contribution < -0.4 is 0 Å². The van der Waals surface area contributed by atoms with Crippen molar-refractivity contribution in [1.82, 2.24) is 0 Å². The predicted molar refractivity (Wildman–Crippen MR) is 103 cm³/mol. The molecule has 0 heterocycles. The maximum atomic E-state index is 15.0. The first-order valence-electron chi connectivity index (χ1n) is 10.0. The molecule has 0 radical (unpaired) electrons. The van der Waals surface area contributed by atoms with Gasteiger partial charge in [0.25, 0.3) is 0 Å². The van der Waals surface area contributed by atoms with Crippen molar-refractivity contribution in [3.8, 4) is 0 Å². The van der Waals surface area contributed by atoms with E-state index in [1.54, 1.807) is 0 Å². The largest absolute Gasteiger partial charge is 0.314 e. The predicted octanol–water partition coefficient (Wildman–Crippen LogP) is 7.11. The van der Waals surface area contributed by atoms with Gasteiger partial charge in [0.1, 0.15) is 0 Å². The summed E-state index contributed by atoms with van der Waals surface area (Å²) in [5.41, 5.74) is 0. The lowest BCUT2D eigenvalue weighted by molar-refractivity contribution is 0.136. The summed E-state index contributed by atoms with van der Waals surface area (Å²) in [5.74, 6) is 0. The Morgan fingerprint density at radius 3 is 1.83 bits per heavy atom. The van der Waals surface area contributed by atoms with Gasteiger partial charge < -0.3 is 4.11 Å². The van der Waals surface area contributed by atoms with E-state index in [9.17, 15) is 8.78 Å². The first kappa shape index (κ1) is 23.2. The fourth-order valence-electron chi connectivity index (χ4n) is 3.16. The van der Waals surface area contributed by atoms with Gasteiger partial charge in [-0.1, -0.05) is 83.7 Å². The Balaban J connectivity index is 3.57. The van der Waals surface area contributed by atoms with Gasteiger partial charge in [0, 0.05) is 15.9 Å². The average molecular weight is 369 g/mol. The van der Waals surface area contributed by atoms with Crippen LogP contribution >= 0.6 is 0 Å². The Kier molecular flexibility index (Phi) is 15.9. The molecule has 0 N–H and O–H groups in total. The van der Waals surface area contributed by atoms with Gasteiger partial charge in [0.05, 0.1) is 0 Å². The zero-order valence-corrected chi connectivity index (χ0v) is 17.9. The first-order chi connectivity index (χ1) is 11.0. The van der Waals surface area contributed by atoms with Crippen LogP contribution in [0.1, 0.15) is 78.1 Å². The molecule has 0 unspecified atom stereocenters. The van der Waals surface area contributed by atoms with Crippen molar-refractivity contribution >= 4 is 17.9 Å². The summed E-state index contributed by atoms with van der Waals surface area (Å²) in [7, 11) is -2.57. The van der Waals surface area contributed by atoms with Gasteiger partial charge in [0.2, 0.25) is 14.8 Å². The molecule has 0 aliphatic heterocycles. The van der Waals surface area contributed by atoms with Crippen LogP contribution in [-0.2, 0) is 0 Å². The fraction of sp³-hybridized carbons (Fsp3) is 1.00. The molecule has 0 aliphatic rings. The minimum atomic E-state index is -2.45. The molecule has 0 aromatic rings. The molecule has 0 aromatic carbocycles. The number of hydrogen-bond donors (Lipinski definition) is 0. The normalized spacial score (nSPS) is 12.8. The number of alkyl halides is 2. The summed E-state index contributed by atoms with van der Waals surface area (Å²) in [4.78, 5) is 0. The minimum Gasteiger partial charge on any atom is -0.314 e. The summed E-state index contributed by atoms with van der Waals surface area (Å²) in [6, 6.07) is 4.98. The molecule has 0 saturated carbocycles. The molecule has 140 valence electrons. The van der Waals surface area contributed by atoms with Crippen molar-refractivity contribution in [2.24, 2.45) is 0 Å². The van der Waals surface area contributed by atoms with Crippen molar-refractivity contribution in [3.05, 3.63) is 0 Å². The summed E-state index contributed by atoms with van der Waals surface area (Å²) < 4.78 is 39.0. The molecular weight excluding hydrogens is 329 g/mol. The Hall–Kier alpha value is 0.224. The molecule has 23 heavy (non-hydrogen) atoms. The van der Waals surface area contributed by atoms with E-state index in [0.717, 1.165) is 56.3 Å². The van der Waals surface area contributed by atoms with E-state index in [2.05, 4.69) is 13.8 Å². The molecule has 0 atom stereocenters. The monoisotopic (exact) mass is 368 g/mol. The number of hydrogen-bond acceptors (Lipinski definition) is 0. The van der Waals surface area contributed by atoms with Crippen LogP contribution in [0.15, 0.2) is 0 Å². The van der Waals surface area contributed by atoms with E-state index in [1.165, 1.54) is 25.3 Å². The van der Waals surface area contributed by atoms with Crippen LogP contribution in [0.25, 0.3) is 0 Å². The van der Waals surface area contributed by atoms with Crippen LogP contribution in [0.2, 0.25) is 30.2 Å². The summed E-state index contributed by atoms with van der Waals surface area (Å²) in [6.45, 7) is 4.31. The highest BCUT2D eigenvalue weighted by atomic mass is 28.4. The molecule has 0 nitrogen and oxygen atoms in total. The van der Waals surface area contributed by atoms with Crippen LogP contribution in [-0.4, -0.2) is 24.4 Å². The fourth-order valence-corrected chi connectivity index (χ4v) is 8.47. The molecule has 0 bridgehead atoms. The average Bonchev–Trinajstić information content (AvgIpc) is 2.52. The van der Waals surface area contributed by atoms with E-state index < -0.39 is 14.8 Å². The molecule has 0 spiro atoms. The molecule has 0 rings (SSSR count). The maximum absolute atomic E-state index is 15.0. The molecule has 5 heteroatoms. The number of halogens is 3. The van der Waals surface area contributed by atoms with Crippen molar-refractivity contribution in [1.29, 1.82) is 0 Å². The van der Waals surface area contributed by atoms with Gasteiger partial charge in [0.15, 0.2) is 0 Å². The van der Waals surface area contributed by atoms with Crippen LogP contribution in [0.3, 0.4) is 0 Å². The minimum absolute atomic E-state index is 0.0890. The van der Waals surface area contributed by atoms with Crippen molar-refractivity contribution < 1.29 is 12.9 Å². The molecule has 0 saturated heterocycles. The Morgan fingerprint density at radius 1 is 0.739 bits per heavy atom. The van der Waals surface area contributed by atoms with Gasteiger partial charge in [-0.3, -0.25) is 0 Å². The Morgan fingerprint density at radius 2 is 1.26 bits per heavy atom. The SMILES string of the molecule is CCCC[Si](F)(CCCC)CCCCCC[SiH2]CCCC(F)F. The third-order valence-electron chi connectivity index (χ3n) is 4.75. The van der Waals surface area contributed by atoms with Crippen molar-refractivity contribution in [2.75, 3.05) is 0 Å². The number of rotatable bonds is 17.